The lowest BCUT2D eigenvalue weighted by Gasteiger charge is -2.33. The number of rotatable bonds is 4. The van der Waals surface area contributed by atoms with Crippen LogP contribution in [0.5, 0.6) is 0 Å². The molecule has 3 aromatic rings. The van der Waals surface area contributed by atoms with Crippen molar-refractivity contribution in [3.8, 4) is 0 Å². The van der Waals surface area contributed by atoms with Crippen molar-refractivity contribution >= 4 is 32.8 Å². The average molecular weight is 375 g/mol. The molecule has 4 rings (SSSR count). The van der Waals surface area contributed by atoms with Crippen LogP contribution >= 0.6 is 11.7 Å². The minimum Gasteiger partial charge on any atom is -0.295 e. The van der Waals surface area contributed by atoms with Gasteiger partial charge in [-0.1, -0.05) is 12.1 Å². The average Bonchev–Trinajstić information content (AvgIpc) is 3.11. The highest BCUT2D eigenvalue weighted by Crippen LogP contribution is 2.25. The van der Waals surface area contributed by atoms with Gasteiger partial charge in [-0.05, 0) is 24.3 Å². The largest absolute Gasteiger partial charge is 0.295 e. The van der Waals surface area contributed by atoms with Crippen LogP contribution in [0.4, 0.5) is 0 Å². The van der Waals surface area contributed by atoms with Gasteiger partial charge in [0.2, 0.25) is 10.0 Å². The van der Waals surface area contributed by atoms with Crippen LogP contribution in [-0.4, -0.2) is 57.5 Å². The zero-order chi connectivity index (χ0) is 17.3. The van der Waals surface area contributed by atoms with Gasteiger partial charge in [0.05, 0.1) is 17.4 Å². The van der Waals surface area contributed by atoms with E-state index in [9.17, 15) is 8.42 Å². The third kappa shape index (κ3) is 3.28. The van der Waals surface area contributed by atoms with Crippen LogP contribution in [0.2, 0.25) is 0 Å². The Kier molecular flexibility index (Phi) is 4.46. The highest BCUT2D eigenvalue weighted by atomic mass is 32.2. The summed E-state index contributed by atoms with van der Waals surface area (Å²) in [5.74, 6) is 0. The number of aromatic nitrogens is 3. The van der Waals surface area contributed by atoms with E-state index in [1.165, 1.54) is 4.31 Å². The van der Waals surface area contributed by atoms with Gasteiger partial charge in [-0.25, -0.2) is 8.42 Å². The highest BCUT2D eigenvalue weighted by Gasteiger charge is 2.30. The molecule has 3 heterocycles. The van der Waals surface area contributed by atoms with E-state index in [0.29, 0.717) is 37.2 Å². The Morgan fingerprint density at radius 2 is 1.84 bits per heavy atom. The maximum Gasteiger partial charge on any atom is 0.245 e. The van der Waals surface area contributed by atoms with E-state index >= 15 is 0 Å². The predicted octanol–water partition coefficient (Wildman–Crippen LogP) is 1.59. The number of sulfonamides is 1. The minimum atomic E-state index is -3.56. The fraction of sp³-hybridized carbons (Fsp3) is 0.312. The van der Waals surface area contributed by atoms with Crippen molar-refractivity contribution in [2.45, 2.75) is 11.4 Å². The zero-order valence-corrected chi connectivity index (χ0v) is 15.1. The molecule has 2 aromatic heterocycles. The van der Waals surface area contributed by atoms with Gasteiger partial charge in [-0.2, -0.15) is 13.1 Å². The van der Waals surface area contributed by atoms with Gasteiger partial charge < -0.3 is 0 Å². The van der Waals surface area contributed by atoms with E-state index in [2.05, 4.69) is 18.6 Å². The molecule has 0 amide bonds. The van der Waals surface area contributed by atoms with Crippen molar-refractivity contribution in [2.24, 2.45) is 0 Å². The lowest BCUT2D eigenvalue weighted by Crippen LogP contribution is -2.48. The van der Waals surface area contributed by atoms with Gasteiger partial charge in [0, 0.05) is 38.9 Å². The number of benzene rings is 1. The van der Waals surface area contributed by atoms with Gasteiger partial charge in [0.15, 0.2) is 0 Å². The standard InChI is InChI=1S/C16H17N5O2S2/c22-25(23,15-6-3-5-14-16(15)19-24-18-14)21-10-8-20(9-11-21)12-13-4-1-2-7-17-13/h1-7H,8-12H2. The Balaban J connectivity index is 1.49. The molecule has 0 spiro atoms. The predicted molar refractivity (Wildman–Crippen MR) is 95.7 cm³/mol. The summed E-state index contributed by atoms with van der Waals surface area (Å²) >= 11 is 1.03. The van der Waals surface area contributed by atoms with E-state index < -0.39 is 10.0 Å². The second kappa shape index (κ2) is 6.75. The molecule has 9 heteroatoms. The fourth-order valence-corrected chi connectivity index (χ4v) is 5.15. The minimum absolute atomic E-state index is 0.247. The highest BCUT2D eigenvalue weighted by molar-refractivity contribution is 7.89. The van der Waals surface area contributed by atoms with E-state index in [0.717, 1.165) is 24.0 Å². The van der Waals surface area contributed by atoms with Gasteiger partial charge >= 0.3 is 0 Å². The normalized spacial score (nSPS) is 17.1. The van der Waals surface area contributed by atoms with Crippen molar-refractivity contribution < 1.29 is 8.42 Å². The molecule has 1 aliphatic rings. The summed E-state index contributed by atoms with van der Waals surface area (Å²) in [6.07, 6.45) is 1.78. The Morgan fingerprint density at radius 1 is 1.00 bits per heavy atom. The second-order valence-electron chi connectivity index (χ2n) is 5.89. The Hall–Kier alpha value is -1.94. The summed E-state index contributed by atoms with van der Waals surface area (Å²) in [5.41, 5.74) is 2.08. The van der Waals surface area contributed by atoms with Gasteiger partial charge in [0.25, 0.3) is 0 Å². The van der Waals surface area contributed by atoms with Gasteiger partial charge in [0.1, 0.15) is 15.9 Å². The first kappa shape index (κ1) is 16.5. The maximum absolute atomic E-state index is 13.0. The van der Waals surface area contributed by atoms with Crippen molar-refractivity contribution in [3.63, 3.8) is 0 Å². The van der Waals surface area contributed by atoms with Gasteiger partial charge in [-0.15, -0.1) is 0 Å². The van der Waals surface area contributed by atoms with E-state index in [1.54, 1.807) is 24.4 Å². The third-order valence-corrected chi connectivity index (χ3v) is 6.78. The molecule has 7 nitrogen and oxygen atoms in total. The smallest absolute Gasteiger partial charge is 0.245 e. The first-order chi connectivity index (χ1) is 12.1. The molecule has 0 N–H and O–H groups in total. The SMILES string of the molecule is O=S(=O)(c1cccc2nsnc12)N1CCN(Cc2ccccn2)CC1. The number of nitrogens with zero attached hydrogens (tertiary/aromatic N) is 5. The molecule has 1 saturated heterocycles. The van der Waals surface area contributed by atoms with Crippen LogP contribution in [0.15, 0.2) is 47.5 Å². The van der Waals surface area contributed by atoms with Crippen molar-refractivity contribution in [1.29, 1.82) is 0 Å². The molecule has 1 aromatic carbocycles. The molecule has 0 saturated carbocycles. The number of hydrogen-bond acceptors (Lipinski definition) is 7. The summed E-state index contributed by atoms with van der Waals surface area (Å²) in [6.45, 7) is 3.02. The second-order valence-corrected chi connectivity index (χ2v) is 8.32. The summed E-state index contributed by atoms with van der Waals surface area (Å²) in [4.78, 5) is 6.80. The third-order valence-electron chi connectivity index (χ3n) is 4.31. The van der Waals surface area contributed by atoms with Crippen LogP contribution in [0.1, 0.15) is 5.69 Å². The van der Waals surface area contributed by atoms with E-state index in [-0.39, 0.29) is 4.90 Å². The number of pyridine rings is 1. The topological polar surface area (TPSA) is 79.3 Å². The number of piperazine rings is 1. The molecular weight excluding hydrogens is 358 g/mol. The first-order valence-corrected chi connectivity index (χ1v) is 10.2. The number of hydrogen-bond donors (Lipinski definition) is 0. The van der Waals surface area contributed by atoms with Crippen LogP contribution in [-0.2, 0) is 16.6 Å². The number of fused-ring (bicyclic) bond motifs is 1. The zero-order valence-electron chi connectivity index (χ0n) is 13.4. The quantitative estimate of drug-likeness (QED) is 0.689. The molecule has 25 heavy (non-hydrogen) atoms. The Bertz CT molecular complexity index is 966. The van der Waals surface area contributed by atoms with Crippen LogP contribution in [0.3, 0.4) is 0 Å². The fourth-order valence-electron chi connectivity index (χ4n) is 2.98. The summed E-state index contributed by atoms with van der Waals surface area (Å²) in [7, 11) is -3.56. The summed E-state index contributed by atoms with van der Waals surface area (Å²) in [6, 6.07) is 10.9. The van der Waals surface area contributed by atoms with E-state index in [1.807, 2.05) is 18.2 Å². The van der Waals surface area contributed by atoms with Gasteiger partial charge in [-0.3, -0.25) is 9.88 Å². The molecule has 0 radical (unpaired) electrons. The molecule has 0 bridgehead atoms. The van der Waals surface area contributed by atoms with Crippen molar-refractivity contribution in [1.82, 2.24) is 22.9 Å². The van der Waals surface area contributed by atoms with Crippen LogP contribution < -0.4 is 0 Å². The lowest BCUT2D eigenvalue weighted by atomic mass is 10.3. The monoisotopic (exact) mass is 375 g/mol. The van der Waals surface area contributed by atoms with Crippen molar-refractivity contribution in [2.75, 3.05) is 26.2 Å². The molecule has 130 valence electrons. The first-order valence-electron chi connectivity index (χ1n) is 7.98. The summed E-state index contributed by atoms with van der Waals surface area (Å²) in [5, 5.41) is 0. The molecule has 0 aliphatic carbocycles. The Morgan fingerprint density at radius 3 is 2.60 bits per heavy atom. The summed E-state index contributed by atoms with van der Waals surface area (Å²) < 4.78 is 35.8. The molecular formula is C16H17N5O2S2. The molecule has 0 atom stereocenters. The van der Waals surface area contributed by atoms with Crippen molar-refractivity contribution in [3.05, 3.63) is 48.3 Å². The Labute approximate surface area is 150 Å². The molecule has 1 aliphatic heterocycles. The maximum atomic E-state index is 13.0. The molecule has 0 unspecified atom stereocenters. The van der Waals surface area contributed by atoms with Crippen LogP contribution in [0, 0.1) is 0 Å². The van der Waals surface area contributed by atoms with Crippen LogP contribution in [0.25, 0.3) is 11.0 Å². The van der Waals surface area contributed by atoms with E-state index in [4.69, 9.17) is 0 Å². The molecule has 1 fully saturated rings. The lowest BCUT2D eigenvalue weighted by molar-refractivity contribution is 0.180.